The first-order chi connectivity index (χ1) is 6.24. The highest BCUT2D eigenvalue weighted by Gasteiger charge is 2.21. The van der Waals surface area contributed by atoms with Crippen LogP contribution in [-0.2, 0) is 4.79 Å². The first kappa shape index (κ1) is 10.4. The van der Waals surface area contributed by atoms with Crippen molar-refractivity contribution >= 4 is 23.7 Å². The van der Waals surface area contributed by atoms with Crippen molar-refractivity contribution < 1.29 is 9.59 Å². The largest absolute Gasteiger partial charge is 0.324 e. The van der Waals surface area contributed by atoms with Crippen molar-refractivity contribution in [2.75, 3.05) is 25.1 Å². The number of amides is 3. The Hall–Kier alpha value is -0.710. The maximum atomic E-state index is 11.2. The Morgan fingerprint density at radius 3 is 2.92 bits per heavy atom. The van der Waals surface area contributed by atoms with Crippen molar-refractivity contribution in [1.29, 1.82) is 0 Å². The number of nitrogens with zero attached hydrogens (tertiary/aromatic N) is 1. The molecule has 5 heteroatoms. The quantitative estimate of drug-likeness (QED) is 0.682. The van der Waals surface area contributed by atoms with Gasteiger partial charge in [0.1, 0.15) is 0 Å². The van der Waals surface area contributed by atoms with Gasteiger partial charge in [0.05, 0.1) is 0 Å². The molecule has 0 radical (unpaired) electrons. The number of imide groups is 1. The van der Waals surface area contributed by atoms with Gasteiger partial charge in [0.15, 0.2) is 0 Å². The minimum absolute atomic E-state index is 0.161. The fourth-order valence-electron chi connectivity index (χ4n) is 1.21. The normalized spacial score (nSPS) is 17.5. The number of urea groups is 1. The van der Waals surface area contributed by atoms with Gasteiger partial charge >= 0.3 is 6.03 Å². The van der Waals surface area contributed by atoms with E-state index in [9.17, 15) is 9.59 Å². The second kappa shape index (κ2) is 5.11. The molecule has 0 aromatic carbocycles. The minimum Gasteiger partial charge on any atom is -0.324 e. The first-order valence-corrected chi connectivity index (χ1v) is 5.71. The van der Waals surface area contributed by atoms with Crippen LogP contribution >= 0.6 is 11.8 Å². The summed E-state index contributed by atoms with van der Waals surface area (Å²) in [5, 5.41) is 2.30. The molecule has 1 aliphatic heterocycles. The number of hydrogen-bond acceptors (Lipinski definition) is 3. The summed E-state index contributed by atoms with van der Waals surface area (Å²) in [5.74, 6) is 0.892. The lowest BCUT2D eigenvalue weighted by molar-refractivity contribution is -0.121. The number of rotatable bonds is 4. The molecular weight excluding hydrogens is 188 g/mol. The second-order valence-corrected chi connectivity index (χ2v) is 3.92. The van der Waals surface area contributed by atoms with E-state index in [0.717, 1.165) is 18.7 Å². The number of nitrogens with one attached hydrogen (secondary N) is 1. The van der Waals surface area contributed by atoms with Gasteiger partial charge in [-0.1, -0.05) is 0 Å². The van der Waals surface area contributed by atoms with Crippen LogP contribution in [0.25, 0.3) is 0 Å². The topological polar surface area (TPSA) is 49.4 Å². The number of carbonyl (C=O) groups is 2. The Morgan fingerprint density at radius 1 is 1.54 bits per heavy atom. The van der Waals surface area contributed by atoms with Gasteiger partial charge in [0.25, 0.3) is 0 Å². The predicted molar refractivity (Wildman–Crippen MR) is 52.7 cm³/mol. The molecular formula is C8H14N2O2S. The Labute approximate surface area is 82.0 Å². The molecule has 1 heterocycles. The molecule has 1 rings (SSSR count). The second-order valence-electron chi connectivity index (χ2n) is 2.94. The highest BCUT2D eigenvalue weighted by molar-refractivity contribution is 7.98. The zero-order valence-corrected chi connectivity index (χ0v) is 8.52. The van der Waals surface area contributed by atoms with Gasteiger partial charge in [0, 0.05) is 19.5 Å². The van der Waals surface area contributed by atoms with Crippen LogP contribution in [0.5, 0.6) is 0 Å². The van der Waals surface area contributed by atoms with Gasteiger partial charge in [-0.25, -0.2) is 4.79 Å². The third-order valence-electron chi connectivity index (χ3n) is 1.92. The van der Waals surface area contributed by atoms with Crippen LogP contribution in [0.1, 0.15) is 12.8 Å². The highest BCUT2D eigenvalue weighted by atomic mass is 32.2. The monoisotopic (exact) mass is 202 g/mol. The number of hydrogen-bond donors (Lipinski definition) is 1. The molecule has 1 aliphatic rings. The van der Waals surface area contributed by atoms with Crippen molar-refractivity contribution in [2.24, 2.45) is 0 Å². The van der Waals surface area contributed by atoms with Gasteiger partial charge in [0.2, 0.25) is 5.91 Å². The standard InChI is InChI=1S/C8H14N2O2S/c1-13-6-2-4-10-5-3-7(11)9-8(10)12/h2-6H2,1H3,(H,9,11,12). The Bertz CT molecular complexity index is 208. The number of carbonyl (C=O) groups excluding carboxylic acids is 2. The van der Waals surface area contributed by atoms with E-state index in [1.807, 2.05) is 6.26 Å². The summed E-state index contributed by atoms with van der Waals surface area (Å²) in [6.45, 7) is 1.32. The van der Waals surface area contributed by atoms with Crippen LogP contribution in [0.15, 0.2) is 0 Å². The maximum Gasteiger partial charge on any atom is 0.324 e. The zero-order valence-electron chi connectivity index (χ0n) is 7.71. The molecule has 0 aromatic rings. The molecule has 1 saturated heterocycles. The molecule has 3 amide bonds. The van der Waals surface area contributed by atoms with Crippen LogP contribution in [0, 0.1) is 0 Å². The third-order valence-corrected chi connectivity index (χ3v) is 2.62. The van der Waals surface area contributed by atoms with E-state index in [4.69, 9.17) is 0 Å². The molecule has 0 atom stereocenters. The van der Waals surface area contributed by atoms with Crippen molar-refractivity contribution in [1.82, 2.24) is 10.2 Å². The molecule has 13 heavy (non-hydrogen) atoms. The van der Waals surface area contributed by atoms with E-state index in [-0.39, 0.29) is 11.9 Å². The summed E-state index contributed by atoms with van der Waals surface area (Å²) in [6.07, 6.45) is 3.47. The molecule has 4 nitrogen and oxygen atoms in total. The molecule has 0 bridgehead atoms. The third kappa shape index (κ3) is 3.26. The van der Waals surface area contributed by atoms with Crippen molar-refractivity contribution in [2.45, 2.75) is 12.8 Å². The summed E-state index contributed by atoms with van der Waals surface area (Å²) in [6, 6.07) is -0.239. The van der Waals surface area contributed by atoms with Crippen molar-refractivity contribution in [3.8, 4) is 0 Å². The van der Waals surface area contributed by atoms with Crippen molar-refractivity contribution in [3.63, 3.8) is 0 Å². The van der Waals surface area contributed by atoms with E-state index in [1.54, 1.807) is 16.7 Å². The van der Waals surface area contributed by atoms with Crippen LogP contribution in [-0.4, -0.2) is 41.9 Å². The summed E-state index contributed by atoms with van der Waals surface area (Å²) in [5.41, 5.74) is 0. The molecule has 0 saturated carbocycles. The predicted octanol–water partition coefficient (Wildman–Crippen LogP) is 0.681. The summed E-state index contributed by atoms with van der Waals surface area (Å²) >= 11 is 1.77. The maximum absolute atomic E-state index is 11.2. The van der Waals surface area contributed by atoms with Gasteiger partial charge in [-0.3, -0.25) is 10.1 Å². The highest BCUT2D eigenvalue weighted by Crippen LogP contribution is 2.03. The van der Waals surface area contributed by atoms with Crippen LogP contribution < -0.4 is 5.32 Å². The van der Waals surface area contributed by atoms with Gasteiger partial charge in [-0.05, 0) is 18.4 Å². The van der Waals surface area contributed by atoms with Crippen LogP contribution in [0.2, 0.25) is 0 Å². The molecule has 1 fully saturated rings. The molecule has 0 spiro atoms. The Balaban J connectivity index is 2.26. The lowest BCUT2D eigenvalue weighted by Crippen LogP contribution is -2.49. The van der Waals surface area contributed by atoms with Gasteiger partial charge in [-0.15, -0.1) is 0 Å². The zero-order chi connectivity index (χ0) is 9.68. The lowest BCUT2D eigenvalue weighted by atomic mass is 10.3. The summed E-state index contributed by atoms with van der Waals surface area (Å²) < 4.78 is 0. The molecule has 0 aromatic heterocycles. The van der Waals surface area contributed by atoms with Crippen LogP contribution in [0.3, 0.4) is 0 Å². The average molecular weight is 202 g/mol. The molecule has 0 unspecified atom stereocenters. The smallest absolute Gasteiger partial charge is 0.324 e. The summed E-state index contributed by atoms with van der Waals surface area (Å²) in [7, 11) is 0. The number of thioether (sulfide) groups is 1. The minimum atomic E-state index is -0.239. The summed E-state index contributed by atoms with van der Waals surface area (Å²) in [4.78, 5) is 23.7. The molecule has 1 N–H and O–H groups in total. The fourth-order valence-corrected chi connectivity index (χ4v) is 1.63. The van der Waals surface area contributed by atoms with Gasteiger partial charge in [-0.2, -0.15) is 11.8 Å². The van der Waals surface area contributed by atoms with Crippen molar-refractivity contribution in [3.05, 3.63) is 0 Å². The average Bonchev–Trinajstić information content (AvgIpc) is 2.09. The van der Waals surface area contributed by atoms with E-state index in [1.165, 1.54) is 0 Å². The molecule has 0 aliphatic carbocycles. The van der Waals surface area contributed by atoms with Crippen LogP contribution in [0.4, 0.5) is 4.79 Å². The fraction of sp³-hybridized carbons (Fsp3) is 0.750. The van der Waals surface area contributed by atoms with E-state index in [2.05, 4.69) is 5.32 Å². The van der Waals surface area contributed by atoms with E-state index < -0.39 is 0 Å². The Morgan fingerprint density at radius 2 is 2.31 bits per heavy atom. The first-order valence-electron chi connectivity index (χ1n) is 4.31. The van der Waals surface area contributed by atoms with E-state index in [0.29, 0.717) is 13.0 Å². The SMILES string of the molecule is CSCCCN1CCC(=O)NC1=O. The lowest BCUT2D eigenvalue weighted by Gasteiger charge is -2.26. The molecule has 74 valence electrons. The van der Waals surface area contributed by atoms with E-state index >= 15 is 0 Å². The Kier molecular flexibility index (Phi) is 4.08. The van der Waals surface area contributed by atoms with Gasteiger partial charge < -0.3 is 4.90 Å².